The van der Waals surface area contributed by atoms with Crippen molar-refractivity contribution in [1.29, 1.82) is 0 Å². The van der Waals surface area contributed by atoms with Crippen LogP contribution in [0.15, 0.2) is 27.7 Å². The van der Waals surface area contributed by atoms with Crippen molar-refractivity contribution in [2.45, 2.75) is 40.0 Å². The van der Waals surface area contributed by atoms with E-state index in [4.69, 9.17) is 10.5 Å². The SMILES string of the molecule is CCCO/C1=C(C)/C=N\C(N)=C(/C)CC1. The van der Waals surface area contributed by atoms with Gasteiger partial charge < -0.3 is 10.5 Å². The minimum Gasteiger partial charge on any atom is -0.498 e. The van der Waals surface area contributed by atoms with Crippen LogP contribution in [0.2, 0.25) is 0 Å². The highest BCUT2D eigenvalue weighted by molar-refractivity contribution is 5.79. The Morgan fingerprint density at radius 1 is 1.40 bits per heavy atom. The van der Waals surface area contributed by atoms with Crippen molar-refractivity contribution in [3.8, 4) is 0 Å². The minimum absolute atomic E-state index is 0.642. The van der Waals surface area contributed by atoms with Gasteiger partial charge in [-0.15, -0.1) is 0 Å². The van der Waals surface area contributed by atoms with Crippen molar-refractivity contribution < 1.29 is 4.74 Å². The van der Waals surface area contributed by atoms with Crippen molar-refractivity contribution in [3.63, 3.8) is 0 Å². The molecule has 0 aromatic carbocycles. The second-order valence-electron chi connectivity index (χ2n) is 3.88. The van der Waals surface area contributed by atoms with Crippen LogP contribution < -0.4 is 5.73 Å². The standard InChI is InChI=1S/C12H20N2O/c1-4-7-15-11-6-5-9(2)12(13)14-8-10(11)3/h8H,4-7,13H2,1-3H3/b11-10+,12-9+,14-8-. The lowest BCUT2D eigenvalue weighted by Gasteiger charge is -2.14. The number of allylic oxidation sites excluding steroid dienone is 3. The molecule has 0 unspecified atom stereocenters. The quantitative estimate of drug-likeness (QED) is 0.775. The zero-order valence-corrected chi connectivity index (χ0v) is 9.84. The van der Waals surface area contributed by atoms with Gasteiger partial charge in [0.1, 0.15) is 11.6 Å². The molecule has 1 aliphatic heterocycles. The van der Waals surface area contributed by atoms with E-state index in [-0.39, 0.29) is 0 Å². The molecule has 1 heterocycles. The molecule has 3 heteroatoms. The number of hydrogen-bond acceptors (Lipinski definition) is 3. The van der Waals surface area contributed by atoms with Gasteiger partial charge in [0.05, 0.1) is 6.61 Å². The lowest BCUT2D eigenvalue weighted by molar-refractivity contribution is 0.200. The van der Waals surface area contributed by atoms with Crippen LogP contribution in [0.4, 0.5) is 0 Å². The minimum atomic E-state index is 0.642. The average Bonchev–Trinajstić information content (AvgIpc) is 2.23. The summed E-state index contributed by atoms with van der Waals surface area (Å²) in [5.74, 6) is 1.69. The number of nitrogens with two attached hydrogens (primary N) is 1. The predicted octanol–water partition coefficient (Wildman–Crippen LogP) is 2.74. The van der Waals surface area contributed by atoms with E-state index >= 15 is 0 Å². The summed E-state index contributed by atoms with van der Waals surface area (Å²) in [6.45, 7) is 6.92. The third kappa shape index (κ3) is 3.42. The summed E-state index contributed by atoms with van der Waals surface area (Å²) in [6.07, 6.45) is 4.68. The first-order valence-electron chi connectivity index (χ1n) is 5.47. The van der Waals surface area contributed by atoms with Crippen LogP contribution in [0.3, 0.4) is 0 Å². The van der Waals surface area contributed by atoms with E-state index in [0.717, 1.165) is 42.8 Å². The molecule has 0 aromatic heterocycles. The van der Waals surface area contributed by atoms with Crippen molar-refractivity contribution in [3.05, 3.63) is 22.7 Å². The normalized spacial score (nSPS) is 29.5. The van der Waals surface area contributed by atoms with Crippen molar-refractivity contribution in [1.82, 2.24) is 0 Å². The summed E-state index contributed by atoms with van der Waals surface area (Å²) in [5, 5.41) is 0. The molecular formula is C12H20N2O. The number of nitrogens with zero attached hydrogens (tertiary/aromatic N) is 1. The van der Waals surface area contributed by atoms with Crippen molar-refractivity contribution in [2.75, 3.05) is 6.61 Å². The predicted molar refractivity (Wildman–Crippen MR) is 63.6 cm³/mol. The van der Waals surface area contributed by atoms with Gasteiger partial charge in [-0.1, -0.05) is 6.92 Å². The van der Waals surface area contributed by atoms with Gasteiger partial charge in [0.15, 0.2) is 0 Å². The molecule has 0 bridgehead atoms. The van der Waals surface area contributed by atoms with Crippen LogP contribution in [-0.2, 0) is 4.74 Å². The Morgan fingerprint density at radius 2 is 2.13 bits per heavy atom. The fraction of sp³-hybridized carbons (Fsp3) is 0.583. The largest absolute Gasteiger partial charge is 0.498 e. The molecule has 0 atom stereocenters. The maximum absolute atomic E-state index is 5.77. The summed E-state index contributed by atoms with van der Waals surface area (Å²) in [5.41, 5.74) is 7.99. The highest BCUT2D eigenvalue weighted by atomic mass is 16.5. The summed E-state index contributed by atoms with van der Waals surface area (Å²) in [6, 6.07) is 0. The van der Waals surface area contributed by atoms with Crippen LogP contribution in [0, 0.1) is 0 Å². The van der Waals surface area contributed by atoms with E-state index < -0.39 is 0 Å². The van der Waals surface area contributed by atoms with Crippen molar-refractivity contribution in [2.24, 2.45) is 10.7 Å². The summed E-state index contributed by atoms with van der Waals surface area (Å²) in [7, 11) is 0. The Hall–Kier alpha value is -1.25. The van der Waals surface area contributed by atoms with E-state index in [1.807, 2.05) is 13.8 Å². The molecular weight excluding hydrogens is 188 g/mol. The van der Waals surface area contributed by atoms with Crippen LogP contribution in [0.1, 0.15) is 40.0 Å². The van der Waals surface area contributed by atoms with Crippen LogP contribution in [-0.4, -0.2) is 12.8 Å². The van der Waals surface area contributed by atoms with Gasteiger partial charge in [-0.05, 0) is 32.3 Å². The molecule has 0 amide bonds. The molecule has 0 saturated heterocycles. The molecule has 1 rings (SSSR count). The first kappa shape index (κ1) is 11.8. The molecule has 0 fully saturated rings. The van der Waals surface area contributed by atoms with E-state index in [9.17, 15) is 0 Å². The van der Waals surface area contributed by atoms with Gasteiger partial charge >= 0.3 is 0 Å². The molecule has 2 N–H and O–H groups in total. The molecule has 15 heavy (non-hydrogen) atoms. The molecule has 0 aromatic rings. The van der Waals surface area contributed by atoms with Gasteiger partial charge in [-0.25, -0.2) is 4.99 Å². The number of aliphatic imine (C=N–C) groups is 1. The first-order chi connectivity index (χ1) is 7.15. The summed E-state index contributed by atoms with van der Waals surface area (Å²) >= 11 is 0. The maximum Gasteiger partial charge on any atom is 0.122 e. The Morgan fingerprint density at radius 3 is 2.80 bits per heavy atom. The van der Waals surface area contributed by atoms with Gasteiger partial charge in [-0.3, -0.25) is 0 Å². The van der Waals surface area contributed by atoms with E-state index in [1.54, 1.807) is 6.21 Å². The lowest BCUT2D eigenvalue weighted by Crippen LogP contribution is -2.05. The summed E-state index contributed by atoms with van der Waals surface area (Å²) in [4.78, 5) is 4.20. The summed E-state index contributed by atoms with van der Waals surface area (Å²) < 4.78 is 5.69. The van der Waals surface area contributed by atoms with E-state index in [2.05, 4.69) is 11.9 Å². The highest BCUT2D eigenvalue weighted by Gasteiger charge is 2.08. The van der Waals surface area contributed by atoms with Gasteiger partial charge in [0.2, 0.25) is 0 Å². The van der Waals surface area contributed by atoms with Gasteiger partial charge in [0, 0.05) is 18.2 Å². The molecule has 0 radical (unpaired) electrons. The number of hydrogen-bond donors (Lipinski definition) is 1. The Balaban J connectivity index is 2.78. The second-order valence-corrected chi connectivity index (χ2v) is 3.88. The van der Waals surface area contributed by atoms with Gasteiger partial charge in [0.25, 0.3) is 0 Å². The van der Waals surface area contributed by atoms with Crippen LogP contribution >= 0.6 is 0 Å². The van der Waals surface area contributed by atoms with Crippen LogP contribution in [0.25, 0.3) is 0 Å². The monoisotopic (exact) mass is 208 g/mol. The number of ether oxygens (including phenoxy) is 1. The first-order valence-corrected chi connectivity index (χ1v) is 5.47. The smallest absolute Gasteiger partial charge is 0.122 e. The zero-order chi connectivity index (χ0) is 11.3. The maximum atomic E-state index is 5.77. The Kier molecular flexibility index (Phi) is 4.40. The fourth-order valence-corrected chi connectivity index (χ4v) is 1.39. The third-order valence-electron chi connectivity index (χ3n) is 2.48. The topological polar surface area (TPSA) is 47.6 Å². The Labute approximate surface area is 91.7 Å². The lowest BCUT2D eigenvalue weighted by atomic mass is 10.1. The molecule has 0 aliphatic carbocycles. The zero-order valence-electron chi connectivity index (χ0n) is 9.84. The van der Waals surface area contributed by atoms with Crippen molar-refractivity contribution >= 4 is 6.21 Å². The average molecular weight is 208 g/mol. The third-order valence-corrected chi connectivity index (χ3v) is 2.48. The highest BCUT2D eigenvalue weighted by Crippen LogP contribution is 2.19. The fourth-order valence-electron chi connectivity index (χ4n) is 1.39. The van der Waals surface area contributed by atoms with E-state index in [1.165, 1.54) is 0 Å². The van der Waals surface area contributed by atoms with E-state index in [0.29, 0.717) is 5.82 Å². The molecule has 84 valence electrons. The molecule has 0 saturated carbocycles. The van der Waals surface area contributed by atoms with Gasteiger partial charge in [-0.2, -0.15) is 0 Å². The molecule has 3 nitrogen and oxygen atoms in total. The number of rotatable bonds is 3. The van der Waals surface area contributed by atoms with Crippen LogP contribution in [0.5, 0.6) is 0 Å². The Bertz CT molecular complexity index is 314. The molecule has 1 aliphatic rings. The second kappa shape index (κ2) is 5.59. The molecule has 0 spiro atoms.